The molecule has 2 aromatic heterocycles. The maximum atomic E-state index is 13.3. The molecule has 0 aliphatic carbocycles. The van der Waals surface area contributed by atoms with E-state index < -0.39 is 11.9 Å². The highest BCUT2D eigenvalue weighted by atomic mass is 16.5. The molecule has 0 radical (unpaired) electrons. The zero-order valence-electron chi connectivity index (χ0n) is 20.2. The number of aryl methyl sites for hydroxylation is 1. The Morgan fingerprint density at radius 2 is 1.84 bits per heavy atom. The highest BCUT2D eigenvalue weighted by Gasteiger charge is 2.36. The third-order valence-electron chi connectivity index (χ3n) is 6.62. The number of carbonyl (C=O) groups excluding carboxylic acids is 2. The number of H-pyrrole nitrogens is 1. The van der Waals surface area contributed by atoms with E-state index in [1.54, 1.807) is 24.4 Å². The number of methoxy groups -OCH3 is 1. The van der Waals surface area contributed by atoms with E-state index in [0.717, 1.165) is 39.1 Å². The van der Waals surface area contributed by atoms with Crippen LogP contribution in [0.2, 0.25) is 0 Å². The second kappa shape index (κ2) is 8.91. The van der Waals surface area contributed by atoms with Crippen LogP contribution in [0, 0.1) is 0 Å². The average molecular weight is 490 g/mol. The number of aromatic amines is 1. The summed E-state index contributed by atoms with van der Waals surface area (Å²) in [5.41, 5.74) is 5.87. The first-order valence-electron chi connectivity index (χ1n) is 11.8. The predicted molar refractivity (Wildman–Crippen MR) is 142 cm³/mol. The molecule has 1 aliphatic heterocycles. The van der Waals surface area contributed by atoms with Crippen molar-refractivity contribution >= 4 is 39.9 Å². The lowest BCUT2D eigenvalue weighted by Gasteiger charge is -2.15. The van der Waals surface area contributed by atoms with Gasteiger partial charge in [0.1, 0.15) is 11.7 Å². The molecule has 3 heterocycles. The first kappa shape index (κ1) is 22.5. The molecule has 0 saturated carbocycles. The fourth-order valence-corrected chi connectivity index (χ4v) is 4.75. The number of nitrogens with one attached hydrogen (secondary N) is 2. The maximum Gasteiger partial charge on any atom is 0.337 e. The normalized spacial score (nSPS) is 15.0. The summed E-state index contributed by atoms with van der Waals surface area (Å²) < 4.78 is 6.79. The van der Waals surface area contributed by atoms with Gasteiger partial charge in [-0.2, -0.15) is 0 Å². The smallest absolute Gasteiger partial charge is 0.337 e. The number of benzene rings is 3. The van der Waals surface area contributed by atoms with Gasteiger partial charge in [-0.15, -0.1) is 0 Å². The summed E-state index contributed by atoms with van der Waals surface area (Å²) in [6.45, 7) is 0. The molecule has 0 saturated heterocycles. The summed E-state index contributed by atoms with van der Waals surface area (Å²) in [6.07, 6.45) is 5.55. The van der Waals surface area contributed by atoms with Crippen LogP contribution in [0.5, 0.6) is 0 Å². The first-order valence-corrected chi connectivity index (χ1v) is 11.8. The number of fused-ring (bicyclic) bond motifs is 2. The van der Waals surface area contributed by atoms with Crippen molar-refractivity contribution in [3.8, 4) is 11.4 Å². The fraction of sp³-hybridized carbons (Fsp3) is 0.103. The maximum absolute atomic E-state index is 13.3. The summed E-state index contributed by atoms with van der Waals surface area (Å²) in [5, 5.41) is 3.95. The number of aromatic nitrogens is 3. The molecule has 6 rings (SSSR count). The number of aliphatic imine (C=N–C) groups is 1. The summed E-state index contributed by atoms with van der Waals surface area (Å²) in [6, 6.07) is 20.9. The number of amides is 1. The number of anilines is 1. The molecule has 1 amide bonds. The van der Waals surface area contributed by atoms with E-state index in [2.05, 4.69) is 15.3 Å². The molecule has 3 aromatic carbocycles. The molecule has 1 aliphatic rings. The second-order valence-corrected chi connectivity index (χ2v) is 8.90. The molecule has 8 heteroatoms. The van der Waals surface area contributed by atoms with Gasteiger partial charge in [-0.05, 0) is 65.7 Å². The summed E-state index contributed by atoms with van der Waals surface area (Å²) in [4.78, 5) is 38.0. The van der Waals surface area contributed by atoms with E-state index in [-0.39, 0.29) is 5.91 Å². The lowest BCUT2D eigenvalue weighted by atomic mass is 9.89. The molecule has 2 N–H and O–H groups in total. The Bertz CT molecular complexity index is 1690. The molecule has 1 atom stereocenters. The van der Waals surface area contributed by atoms with E-state index in [9.17, 15) is 9.59 Å². The third kappa shape index (κ3) is 3.98. The van der Waals surface area contributed by atoms with Gasteiger partial charge in [0.2, 0.25) is 5.91 Å². The standard InChI is InChI=1S/C29H23N5O3/c1-34-14-13-31-27(34)17-3-7-21(8-4-17)32-26(19-6-10-23-18(15-19)11-12-30-23)25-22-9-5-20(29(36)37-2)16-24(22)33-28(25)35/h3-16,25,30H,1-2H3,(H,33,35). The number of carbonyl (C=O) groups is 2. The highest BCUT2D eigenvalue weighted by Crippen LogP contribution is 2.37. The number of rotatable bonds is 5. The zero-order chi connectivity index (χ0) is 25.5. The number of ether oxygens (including phenoxy) is 1. The molecular weight excluding hydrogens is 466 g/mol. The Morgan fingerprint density at radius 3 is 2.59 bits per heavy atom. The van der Waals surface area contributed by atoms with Crippen LogP contribution in [0.4, 0.5) is 11.4 Å². The van der Waals surface area contributed by atoms with E-state index in [4.69, 9.17) is 9.73 Å². The van der Waals surface area contributed by atoms with Gasteiger partial charge in [-0.3, -0.25) is 9.79 Å². The van der Waals surface area contributed by atoms with Gasteiger partial charge in [0.05, 0.1) is 24.1 Å². The average Bonchev–Trinajstić information content (AvgIpc) is 3.64. The van der Waals surface area contributed by atoms with Crippen LogP contribution in [-0.4, -0.2) is 39.2 Å². The van der Waals surface area contributed by atoms with Crippen molar-refractivity contribution in [2.24, 2.45) is 12.0 Å². The van der Waals surface area contributed by atoms with Gasteiger partial charge < -0.3 is 19.6 Å². The molecule has 5 aromatic rings. The minimum atomic E-state index is -0.646. The second-order valence-electron chi connectivity index (χ2n) is 8.90. The number of hydrogen-bond donors (Lipinski definition) is 2. The number of hydrogen-bond acceptors (Lipinski definition) is 5. The van der Waals surface area contributed by atoms with E-state index in [1.807, 2.05) is 72.5 Å². The van der Waals surface area contributed by atoms with Gasteiger partial charge in [0, 0.05) is 47.8 Å². The van der Waals surface area contributed by atoms with Gasteiger partial charge in [-0.1, -0.05) is 12.1 Å². The highest BCUT2D eigenvalue weighted by molar-refractivity contribution is 6.24. The molecule has 0 fully saturated rings. The minimum Gasteiger partial charge on any atom is -0.465 e. The minimum absolute atomic E-state index is 0.199. The third-order valence-corrected chi connectivity index (χ3v) is 6.62. The van der Waals surface area contributed by atoms with Crippen molar-refractivity contribution in [2.45, 2.75) is 5.92 Å². The first-order chi connectivity index (χ1) is 18.0. The molecule has 1 unspecified atom stereocenters. The van der Waals surface area contributed by atoms with Crippen LogP contribution in [0.15, 0.2) is 90.3 Å². The lowest BCUT2D eigenvalue weighted by molar-refractivity contribution is -0.115. The molecule has 37 heavy (non-hydrogen) atoms. The molecule has 0 spiro atoms. The van der Waals surface area contributed by atoms with Gasteiger partial charge in [0.25, 0.3) is 0 Å². The van der Waals surface area contributed by atoms with E-state index in [0.29, 0.717) is 17.0 Å². The Morgan fingerprint density at radius 1 is 1.03 bits per heavy atom. The van der Waals surface area contributed by atoms with Crippen molar-refractivity contribution in [1.82, 2.24) is 14.5 Å². The Balaban J connectivity index is 1.46. The SMILES string of the molecule is COC(=O)c1ccc2c(c1)NC(=O)C2C(=Nc1ccc(-c2nccn2C)cc1)c1ccc2[nH]ccc2c1. The van der Waals surface area contributed by atoms with Crippen molar-refractivity contribution in [3.05, 3.63) is 102 Å². The number of imidazole rings is 1. The largest absolute Gasteiger partial charge is 0.465 e. The van der Waals surface area contributed by atoms with Crippen molar-refractivity contribution in [1.29, 1.82) is 0 Å². The molecule has 8 nitrogen and oxygen atoms in total. The quantitative estimate of drug-likeness (QED) is 0.261. The summed E-state index contributed by atoms with van der Waals surface area (Å²) in [5.74, 6) is -0.443. The van der Waals surface area contributed by atoms with E-state index >= 15 is 0 Å². The summed E-state index contributed by atoms with van der Waals surface area (Å²) in [7, 11) is 3.28. The Hall–Kier alpha value is -4.98. The van der Waals surface area contributed by atoms with Crippen LogP contribution in [-0.2, 0) is 16.6 Å². The monoisotopic (exact) mass is 489 g/mol. The van der Waals surface area contributed by atoms with Crippen molar-refractivity contribution < 1.29 is 14.3 Å². The van der Waals surface area contributed by atoms with Crippen molar-refractivity contribution in [2.75, 3.05) is 12.4 Å². The van der Waals surface area contributed by atoms with E-state index in [1.165, 1.54) is 7.11 Å². The predicted octanol–water partition coefficient (Wildman–Crippen LogP) is 5.21. The zero-order valence-corrected chi connectivity index (χ0v) is 20.2. The molecule has 0 bridgehead atoms. The fourth-order valence-electron chi connectivity index (χ4n) is 4.75. The number of nitrogens with zero attached hydrogens (tertiary/aromatic N) is 3. The Kier molecular flexibility index (Phi) is 5.41. The summed E-state index contributed by atoms with van der Waals surface area (Å²) >= 11 is 0. The van der Waals surface area contributed by atoms with Crippen molar-refractivity contribution in [3.63, 3.8) is 0 Å². The number of esters is 1. The lowest BCUT2D eigenvalue weighted by Crippen LogP contribution is -2.22. The van der Waals surface area contributed by atoms with Crippen LogP contribution in [0.25, 0.3) is 22.3 Å². The Labute approximate surface area is 212 Å². The van der Waals surface area contributed by atoms with Gasteiger partial charge in [0.15, 0.2) is 0 Å². The van der Waals surface area contributed by atoms with Crippen LogP contribution < -0.4 is 5.32 Å². The molecule has 182 valence electrons. The molecular formula is C29H23N5O3. The van der Waals surface area contributed by atoms with Gasteiger partial charge >= 0.3 is 5.97 Å². The van der Waals surface area contributed by atoms with Gasteiger partial charge in [-0.25, -0.2) is 9.78 Å². The van der Waals surface area contributed by atoms with Crippen LogP contribution in [0.1, 0.15) is 27.4 Å². The topological polar surface area (TPSA) is 101 Å². The van der Waals surface area contributed by atoms with Crippen LogP contribution in [0.3, 0.4) is 0 Å². The van der Waals surface area contributed by atoms with Crippen LogP contribution >= 0.6 is 0 Å².